The molecule has 32 heavy (non-hydrogen) atoms. The number of likely N-dealkylation sites (tertiary alicyclic amines) is 1. The second-order valence-electron chi connectivity index (χ2n) is 7.55. The maximum absolute atomic E-state index is 12.0. The second kappa shape index (κ2) is 8.55. The molecule has 3 heterocycles. The summed E-state index contributed by atoms with van der Waals surface area (Å²) in [4.78, 5) is 22.5. The number of aromatic nitrogens is 3. The molecule has 0 aliphatic carbocycles. The summed E-state index contributed by atoms with van der Waals surface area (Å²) in [5.41, 5.74) is 1.59. The van der Waals surface area contributed by atoms with Crippen LogP contribution in [0.2, 0.25) is 0 Å². The molecular weight excluding hydrogens is 404 g/mol. The zero-order valence-corrected chi connectivity index (χ0v) is 17.4. The Balaban J connectivity index is 1.35. The lowest BCUT2D eigenvalue weighted by molar-refractivity contribution is -0.133. The van der Waals surface area contributed by atoms with Crippen LogP contribution in [0.1, 0.15) is 6.42 Å². The van der Waals surface area contributed by atoms with Crippen LogP contribution in [0.5, 0.6) is 23.1 Å². The topological polar surface area (TPSA) is 69.5 Å². The van der Waals surface area contributed by atoms with E-state index in [9.17, 15) is 4.79 Å². The molecule has 1 aliphatic rings. The molecule has 5 rings (SSSR count). The van der Waals surface area contributed by atoms with Gasteiger partial charge in [-0.2, -0.15) is 4.98 Å². The van der Waals surface area contributed by atoms with Crippen molar-refractivity contribution < 1.29 is 14.3 Å². The zero-order valence-electron chi connectivity index (χ0n) is 17.4. The van der Waals surface area contributed by atoms with E-state index in [2.05, 4.69) is 16.5 Å². The fraction of sp³-hybridized carbons (Fsp3) is 0.160. The average molecular weight is 426 g/mol. The van der Waals surface area contributed by atoms with Crippen LogP contribution in [0.15, 0.2) is 85.8 Å². The standard InChI is InChI=1S/C25H22N4O3/c1-2-23(30)29-15-12-18(29)16-28-14-13-22-24(28)25(27-17-26-22)32-21-10-8-20(9-11-21)31-19-6-4-3-5-7-19/h2-11,13-14,17-18H,1,12,15-16H2/t18-/m1/s1. The molecule has 1 atom stereocenters. The number of benzene rings is 2. The number of carbonyl (C=O) groups excluding carboxylic acids is 1. The van der Waals surface area contributed by atoms with E-state index in [1.807, 2.05) is 76.3 Å². The second-order valence-corrected chi connectivity index (χ2v) is 7.55. The van der Waals surface area contributed by atoms with Crippen LogP contribution >= 0.6 is 0 Å². The van der Waals surface area contributed by atoms with Crippen LogP contribution in [0, 0.1) is 0 Å². The normalized spacial score (nSPS) is 15.2. The van der Waals surface area contributed by atoms with Gasteiger partial charge in [-0.15, -0.1) is 0 Å². The first-order chi connectivity index (χ1) is 15.7. The molecule has 0 radical (unpaired) electrons. The molecule has 0 spiro atoms. The quantitative estimate of drug-likeness (QED) is 0.397. The van der Waals surface area contributed by atoms with E-state index in [-0.39, 0.29) is 11.9 Å². The fourth-order valence-corrected chi connectivity index (χ4v) is 3.81. The number of rotatable bonds is 7. The summed E-state index contributed by atoms with van der Waals surface area (Å²) in [6.45, 7) is 4.99. The smallest absolute Gasteiger partial charge is 0.247 e. The molecule has 1 amide bonds. The summed E-state index contributed by atoms with van der Waals surface area (Å²) in [6, 6.07) is 19.1. The molecule has 160 valence electrons. The third kappa shape index (κ3) is 3.92. The molecule has 2 aromatic carbocycles. The van der Waals surface area contributed by atoms with Gasteiger partial charge in [-0.3, -0.25) is 4.79 Å². The Morgan fingerprint density at radius 3 is 2.41 bits per heavy atom. The monoisotopic (exact) mass is 426 g/mol. The number of nitrogens with zero attached hydrogens (tertiary/aromatic N) is 4. The van der Waals surface area contributed by atoms with Gasteiger partial charge in [0.15, 0.2) is 0 Å². The SMILES string of the molecule is C=CC(=O)N1CC[C@@H]1Cn1ccc2ncnc(Oc3ccc(Oc4ccccc4)cc3)c21. The molecule has 1 fully saturated rings. The van der Waals surface area contributed by atoms with Gasteiger partial charge in [0, 0.05) is 19.3 Å². The van der Waals surface area contributed by atoms with Crippen molar-refractivity contribution in [1.82, 2.24) is 19.4 Å². The summed E-state index contributed by atoms with van der Waals surface area (Å²) in [5.74, 6) is 2.57. The van der Waals surface area contributed by atoms with E-state index in [1.54, 1.807) is 0 Å². The maximum atomic E-state index is 12.0. The summed E-state index contributed by atoms with van der Waals surface area (Å²) in [5, 5.41) is 0. The van der Waals surface area contributed by atoms with E-state index in [1.165, 1.54) is 12.4 Å². The van der Waals surface area contributed by atoms with Crippen LogP contribution in [0.4, 0.5) is 0 Å². The number of hydrogen-bond acceptors (Lipinski definition) is 5. The van der Waals surface area contributed by atoms with Crippen molar-refractivity contribution in [3.05, 3.63) is 85.8 Å². The van der Waals surface area contributed by atoms with Crippen molar-refractivity contribution in [2.45, 2.75) is 19.0 Å². The predicted octanol–water partition coefficient (Wildman–Crippen LogP) is 4.80. The van der Waals surface area contributed by atoms with Crippen LogP contribution in [0.25, 0.3) is 11.0 Å². The maximum Gasteiger partial charge on any atom is 0.247 e. The lowest BCUT2D eigenvalue weighted by Crippen LogP contribution is -2.52. The van der Waals surface area contributed by atoms with Crippen molar-refractivity contribution >= 4 is 16.9 Å². The van der Waals surface area contributed by atoms with E-state index >= 15 is 0 Å². The van der Waals surface area contributed by atoms with Crippen LogP contribution in [-0.4, -0.2) is 37.9 Å². The number of fused-ring (bicyclic) bond motifs is 1. The highest BCUT2D eigenvalue weighted by Gasteiger charge is 2.31. The molecule has 2 aromatic heterocycles. The minimum Gasteiger partial charge on any atom is -0.457 e. The van der Waals surface area contributed by atoms with Crippen molar-refractivity contribution in [1.29, 1.82) is 0 Å². The van der Waals surface area contributed by atoms with Gasteiger partial charge in [-0.25, -0.2) is 4.98 Å². The van der Waals surface area contributed by atoms with Gasteiger partial charge in [0.1, 0.15) is 29.1 Å². The lowest BCUT2D eigenvalue weighted by atomic mass is 10.0. The summed E-state index contributed by atoms with van der Waals surface area (Å²) in [7, 11) is 0. The Morgan fingerprint density at radius 1 is 1.00 bits per heavy atom. The van der Waals surface area contributed by atoms with Gasteiger partial charge in [0.25, 0.3) is 0 Å². The van der Waals surface area contributed by atoms with Crippen molar-refractivity contribution in [3.63, 3.8) is 0 Å². The van der Waals surface area contributed by atoms with E-state index in [4.69, 9.17) is 9.47 Å². The Morgan fingerprint density at radius 2 is 1.72 bits per heavy atom. The molecule has 7 heteroatoms. The van der Waals surface area contributed by atoms with Crippen molar-refractivity contribution in [2.24, 2.45) is 0 Å². The van der Waals surface area contributed by atoms with Gasteiger partial charge in [0.05, 0.1) is 11.6 Å². The molecular formula is C25H22N4O3. The summed E-state index contributed by atoms with van der Waals surface area (Å²) < 4.78 is 14.0. The molecule has 4 aromatic rings. The largest absolute Gasteiger partial charge is 0.457 e. The van der Waals surface area contributed by atoms with E-state index in [0.29, 0.717) is 18.2 Å². The molecule has 0 bridgehead atoms. The Labute approximate surface area is 185 Å². The third-order valence-electron chi connectivity index (χ3n) is 5.54. The van der Waals surface area contributed by atoms with Crippen molar-refractivity contribution in [3.8, 4) is 23.1 Å². The number of amides is 1. The Kier molecular flexibility index (Phi) is 5.29. The summed E-state index contributed by atoms with van der Waals surface area (Å²) >= 11 is 0. The first-order valence-electron chi connectivity index (χ1n) is 10.4. The van der Waals surface area contributed by atoms with E-state index in [0.717, 1.165) is 35.5 Å². The Hall–Kier alpha value is -4.13. The minimum absolute atomic E-state index is 0.0387. The Bertz CT molecular complexity index is 1250. The minimum atomic E-state index is -0.0387. The predicted molar refractivity (Wildman–Crippen MR) is 121 cm³/mol. The summed E-state index contributed by atoms with van der Waals surface area (Å²) in [6.07, 6.45) is 5.76. The number of para-hydroxylation sites is 1. The van der Waals surface area contributed by atoms with Crippen LogP contribution in [0.3, 0.4) is 0 Å². The van der Waals surface area contributed by atoms with Gasteiger partial charge in [-0.1, -0.05) is 24.8 Å². The zero-order chi connectivity index (χ0) is 21.9. The number of ether oxygens (including phenoxy) is 2. The first kappa shape index (κ1) is 19.8. The number of carbonyl (C=O) groups is 1. The molecule has 1 aliphatic heterocycles. The lowest BCUT2D eigenvalue weighted by Gasteiger charge is -2.40. The highest BCUT2D eigenvalue weighted by atomic mass is 16.5. The van der Waals surface area contributed by atoms with Gasteiger partial charge in [0.2, 0.25) is 11.8 Å². The van der Waals surface area contributed by atoms with E-state index < -0.39 is 0 Å². The van der Waals surface area contributed by atoms with Gasteiger partial charge >= 0.3 is 0 Å². The van der Waals surface area contributed by atoms with Gasteiger partial charge in [-0.05, 0) is 55.0 Å². The van der Waals surface area contributed by atoms with Crippen LogP contribution < -0.4 is 9.47 Å². The molecule has 1 saturated heterocycles. The molecule has 0 unspecified atom stereocenters. The highest BCUT2D eigenvalue weighted by Crippen LogP contribution is 2.31. The number of hydrogen-bond donors (Lipinski definition) is 0. The fourth-order valence-electron chi connectivity index (χ4n) is 3.81. The van der Waals surface area contributed by atoms with Crippen LogP contribution in [-0.2, 0) is 11.3 Å². The third-order valence-corrected chi connectivity index (χ3v) is 5.54. The first-order valence-corrected chi connectivity index (χ1v) is 10.4. The molecule has 0 saturated carbocycles. The molecule has 0 N–H and O–H groups in total. The van der Waals surface area contributed by atoms with Gasteiger partial charge < -0.3 is 18.9 Å². The average Bonchev–Trinajstić information content (AvgIpc) is 3.22. The molecule has 7 nitrogen and oxygen atoms in total. The highest BCUT2D eigenvalue weighted by molar-refractivity contribution is 5.88. The van der Waals surface area contributed by atoms with Crippen molar-refractivity contribution in [2.75, 3.05) is 6.54 Å².